The molecular weight excluding hydrogens is 688 g/mol. The third-order valence-electron chi connectivity index (χ3n) is 9.77. The van der Waals surface area contributed by atoms with Crippen LogP contribution >= 0.6 is 0 Å². The van der Waals surface area contributed by atoms with Gasteiger partial charge in [0, 0.05) is 11.1 Å². The van der Waals surface area contributed by atoms with Crippen LogP contribution in [0.15, 0.2) is 127 Å². The van der Waals surface area contributed by atoms with Crippen molar-refractivity contribution >= 4 is 33.2 Å². The molecule has 0 saturated heterocycles. The van der Waals surface area contributed by atoms with Gasteiger partial charge in [-0.1, -0.05) is 60.7 Å². The molecule has 4 aromatic carbocycles. The van der Waals surface area contributed by atoms with Crippen LogP contribution in [-0.4, -0.2) is 31.9 Å². The van der Waals surface area contributed by atoms with Crippen molar-refractivity contribution in [1.82, 2.24) is 18.7 Å². The first-order chi connectivity index (χ1) is 26.3. The van der Waals surface area contributed by atoms with Gasteiger partial charge in [0.1, 0.15) is 58.5 Å². The molecule has 0 aliphatic carbocycles. The highest BCUT2D eigenvalue weighted by Crippen LogP contribution is 2.39. The molecule has 266 valence electrons. The van der Waals surface area contributed by atoms with Crippen LogP contribution in [0.4, 0.5) is 0 Å². The number of nitrogens with two attached hydrogens (primary N) is 2. The highest BCUT2D eigenvalue weighted by molar-refractivity contribution is 5.83. The molecule has 0 spiro atoms. The average molecular weight is 719 g/mol. The highest BCUT2D eigenvalue weighted by Gasteiger charge is 2.37. The summed E-state index contributed by atoms with van der Waals surface area (Å²) in [7, 11) is 0. The van der Waals surface area contributed by atoms with E-state index in [9.17, 15) is 29.7 Å². The monoisotopic (exact) mass is 718 g/mol. The summed E-state index contributed by atoms with van der Waals surface area (Å²) >= 11 is 0. The van der Waals surface area contributed by atoms with E-state index in [4.69, 9.17) is 20.9 Å². The molecule has 8 rings (SSSR count). The summed E-state index contributed by atoms with van der Waals surface area (Å²) in [5, 5.41) is 21.1. The van der Waals surface area contributed by atoms with Crippen molar-refractivity contribution in [1.29, 1.82) is 10.5 Å². The van der Waals surface area contributed by atoms with Gasteiger partial charge in [0.2, 0.25) is 0 Å². The van der Waals surface area contributed by atoms with Crippen molar-refractivity contribution in [3.8, 4) is 23.6 Å². The second-order valence-electron chi connectivity index (χ2n) is 12.7. The number of ether oxygens (including phenoxy) is 2. The summed E-state index contributed by atoms with van der Waals surface area (Å²) in [6.07, 6.45) is 1.07. The Kier molecular flexibility index (Phi) is 8.20. The maximum absolute atomic E-state index is 13.7. The number of aromatic nitrogens is 4. The van der Waals surface area contributed by atoms with Gasteiger partial charge in [0.25, 0.3) is 22.2 Å². The Hall–Kier alpha value is -7.58. The maximum atomic E-state index is 13.7. The first-order valence-electron chi connectivity index (χ1n) is 17.0. The van der Waals surface area contributed by atoms with E-state index in [1.807, 2.05) is 0 Å². The van der Waals surface area contributed by atoms with Gasteiger partial charge < -0.3 is 20.9 Å². The molecule has 14 heteroatoms. The first-order valence-corrected chi connectivity index (χ1v) is 17.0. The van der Waals surface area contributed by atoms with Gasteiger partial charge in [-0.15, -0.1) is 0 Å². The van der Waals surface area contributed by atoms with Crippen molar-refractivity contribution in [3.05, 3.63) is 161 Å². The zero-order valence-electron chi connectivity index (χ0n) is 28.5. The summed E-state index contributed by atoms with van der Waals surface area (Å²) < 4.78 is 16.9. The molecule has 54 heavy (non-hydrogen) atoms. The fourth-order valence-electron chi connectivity index (χ4n) is 7.29. The number of nitriles is 2. The van der Waals surface area contributed by atoms with Crippen LogP contribution in [0, 0.1) is 22.7 Å². The molecule has 2 unspecified atom stereocenters. The highest BCUT2D eigenvalue weighted by atomic mass is 16.5. The quantitative estimate of drug-likeness (QED) is 0.208. The summed E-state index contributed by atoms with van der Waals surface area (Å²) in [6.45, 7) is 0.489. The SMILES string of the molecule is N#CC1=C(N)n2c(=O)c3ccccc3c(=O)n2C1c1ccccc1OCCCCOc1ccccc1C1C(C#N)=C(N)n2c(=O)c3ccccc3c(=O)n21. The third kappa shape index (κ3) is 5.00. The lowest BCUT2D eigenvalue weighted by molar-refractivity contribution is 0.262. The molecule has 2 aliphatic heterocycles. The van der Waals surface area contributed by atoms with Crippen LogP contribution in [0.5, 0.6) is 11.5 Å². The molecule has 2 aromatic heterocycles. The normalized spacial score (nSPS) is 16.0. The van der Waals surface area contributed by atoms with Crippen LogP contribution < -0.4 is 43.2 Å². The zero-order chi connectivity index (χ0) is 37.7. The van der Waals surface area contributed by atoms with Gasteiger partial charge >= 0.3 is 0 Å². The molecule has 0 bridgehead atoms. The molecule has 0 fully saturated rings. The lowest BCUT2D eigenvalue weighted by Crippen LogP contribution is -2.38. The van der Waals surface area contributed by atoms with Gasteiger partial charge in [-0.05, 0) is 49.2 Å². The van der Waals surface area contributed by atoms with Gasteiger partial charge in [-0.25, -0.2) is 9.36 Å². The van der Waals surface area contributed by atoms with Crippen LogP contribution in [-0.2, 0) is 0 Å². The van der Waals surface area contributed by atoms with Gasteiger partial charge in [0.15, 0.2) is 0 Å². The topological polar surface area (TPSA) is 206 Å². The van der Waals surface area contributed by atoms with Crippen LogP contribution in [0.2, 0.25) is 0 Å². The smallest absolute Gasteiger partial charge is 0.279 e. The number of para-hydroxylation sites is 2. The molecule has 2 atom stereocenters. The van der Waals surface area contributed by atoms with Crippen LogP contribution in [0.3, 0.4) is 0 Å². The van der Waals surface area contributed by atoms with Crippen molar-refractivity contribution in [2.75, 3.05) is 13.2 Å². The molecule has 2 aliphatic rings. The molecule has 14 nitrogen and oxygen atoms in total. The van der Waals surface area contributed by atoms with Crippen molar-refractivity contribution in [2.45, 2.75) is 24.9 Å². The fourth-order valence-corrected chi connectivity index (χ4v) is 7.29. The zero-order valence-corrected chi connectivity index (χ0v) is 28.5. The predicted molar refractivity (Wildman–Crippen MR) is 200 cm³/mol. The summed E-state index contributed by atoms with van der Waals surface area (Å²) in [6, 6.07) is 29.1. The molecular formula is C40H30N8O6. The Balaban J connectivity index is 1.01. The van der Waals surface area contributed by atoms with E-state index in [2.05, 4.69) is 12.1 Å². The number of unbranched alkanes of at least 4 members (excludes halogenated alkanes) is 1. The van der Waals surface area contributed by atoms with Gasteiger partial charge in [0.05, 0.1) is 34.8 Å². The second-order valence-corrected chi connectivity index (χ2v) is 12.7. The lowest BCUT2D eigenvalue weighted by atomic mass is 9.99. The lowest BCUT2D eigenvalue weighted by Gasteiger charge is -2.20. The summed E-state index contributed by atoms with van der Waals surface area (Å²) in [5.74, 6) is 0.594. The summed E-state index contributed by atoms with van der Waals surface area (Å²) in [4.78, 5) is 54.3. The standard InChI is InChI=1S/C40H30N8O6/c41-21-29-33(45-37(49)23-11-1-3-13-25(23)39(51)47(45)35(29)43)27-15-5-7-17-31(27)53-19-9-10-20-54-32-18-8-6-16-28(32)34-30(22-42)36(44)48-40(52)26-14-4-2-12-24(26)38(50)46(34)48/h1-8,11-18,33-34H,9-10,19-20,43-44H2. The van der Waals surface area contributed by atoms with Crippen molar-refractivity contribution in [3.63, 3.8) is 0 Å². The van der Waals surface area contributed by atoms with E-state index < -0.39 is 34.3 Å². The Morgan fingerprint density at radius 2 is 0.852 bits per heavy atom. The number of fused-ring (bicyclic) bond motifs is 4. The molecule has 0 radical (unpaired) electrons. The van der Waals surface area contributed by atoms with Gasteiger partial charge in [-0.3, -0.25) is 19.2 Å². The second kappa shape index (κ2) is 13.2. The first kappa shape index (κ1) is 33.6. The van der Waals surface area contributed by atoms with Crippen molar-refractivity contribution < 1.29 is 9.47 Å². The molecule has 0 saturated carbocycles. The number of benzene rings is 4. The van der Waals surface area contributed by atoms with Crippen LogP contribution in [0.25, 0.3) is 33.2 Å². The van der Waals surface area contributed by atoms with Crippen molar-refractivity contribution in [2.24, 2.45) is 11.5 Å². The minimum absolute atomic E-state index is 0.0500. The molecule has 4 N–H and O–H groups in total. The minimum atomic E-state index is -0.987. The Bertz CT molecular complexity index is 2750. The third-order valence-corrected chi connectivity index (χ3v) is 9.77. The average Bonchev–Trinajstić information content (AvgIpc) is 3.67. The number of allylic oxidation sites excluding steroid dienone is 2. The van der Waals surface area contributed by atoms with E-state index in [0.717, 1.165) is 9.36 Å². The largest absolute Gasteiger partial charge is 0.493 e. The van der Waals surface area contributed by atoms with Crippen LogP contribution in [0.1, 0.15) is 36.1 Å². The van der Waals surface area contributed by atoms with E-state index >= 15 is 0 Å². The minimum Gasteiger partial charge on any atom is -0.493 e. The van der Waals surface area contributed by atoms with E-state index in [1.165, 1.54) is 9.36 Å². The Morgan fingerprint density at radius 3 is 1.22 bits per heavy atom. The number of hydrogen-bond acceptors (Lipinski definition) is 10. The molecule has 6 aromatic rings. The number of rotatable bonds is 9. The Labute approximate surface area is 305 Å². The number of nitrogens with zero attached hydrogens (tertiary/aromatic N) is 6. The fraction of sp³-hybridized carbons (Fsp3) is 0.150. The molecule has 0 amide bonds. The Morgan fingerprint density at radius 1 is 0.519 bits per heavy atom. The predicted octanol–water partition coefficient (Wildman–Crippen LogP) is 3.39. The van der Waals surface area contributed by atoms with E-state index in [0.29, 0.717) is 35.5 Å². The van der Waals surface area contributed by atoms with E-state index in [1.54, 1.807) is 97.1 Å². The van der Waals surface area contributed by atoms with E-state index in [-0.39, 0.29) is 57.5 Å². The maximum Gasteiger partial charge on any atom is 0.279 e. The number of hydrogen-bond donors (Lipinski definition) is 2. The molecule has 4 heterocycles. The summed E-state index contributed by atoms with van der Waals surface area (Å²) in [5.41, 5.74) is 11.8. The van der Waals surface area contributed by atoms with Gasteiger partial charge in [-0.2, -0.15) is 19.9 Å².